The average Bonchev–Trinajstić information content (AvgIpc) is 2.50. The minimum atomic E-state index is 0.640. The Bertz CT molecular complexity index is 542. The maximum absolute atomic E-state index is 5.91. The molecule has 2 nitrogen and oxygen atoms in total. The predicted molar refractivity (Wildman–Crippen MR) is 91.8 cm³/mol. The lowest BCUT2D eigenvalue weighted by molar-refractivity contribution is 0.304. The molecule has 2 aromatic carbocycles. The first-order valence-electron chi connectivity index (χ1n) is 7.45. The molecule has 0 heterocycles. The van der Waals surface area contributed by atoms with Crippen LogP contribution >= 0.6 is 15.9 Å². The lowest BCUT2D eigenvalue weighted by Crippen LogP contribution is -2.06. The van der Waals surface area contributed by atoms with Crippen molar-refractivity contribution < 1.29 is 4.74 Å². The second-order valence-corrected chi connectivity index (χ2v) is 6.00. The lowest BCUT2D eigenvalue weighted by Gasteiger charge is -2.11. The van der Waals surface area contributed by atoms with Crippen molar-refractivity contribution in [3.8, 4) is 5.75 Å². The van der Waals surface area contributed by atoms with Crippen LogP contribution in [0, 0.1) is 0 Å². The first kappa shape index (κ1) is 16.1. The molecule has 0 spiro atoms. The summed E-state index contributed by atoms with van der Waals surface area (Å²) in [7, 11) is 0. The van der Waals surface area contributed by atoms with Gasteiger partial charge in [-0.1, -0.05) is 46.3 Å². The molecule has 3 heteroatoms. The van der Waals surface area contributed by atoms with Crippen molar-refractivity contribution >= 4 is 15.9 Å². The third-order valence-corrected chi connectivity index (χ3v) is 3.89. The predicted octanol–water partition coefficient (Wildman–Crippen LogP) is 4.35. The molecule has 112 valence electrons. The fraction of sp³-hybridized carbons (Fsp3) is 0.333. The van der Waals surface area contributed by atoms with Gasteiger partial charge in [-0.3, -0.25) is 0 Å². The average molecular weight is 348 g/mol. The molecule has 2 aromatic rings. The van der Waals surface area contributed by atoms with Gasteiger partial charge in [0, 0.05) is 4.47 Å². The van der Waals surface area contributed by atoms with Crippen LogP contribution < -0.4 is 10.5 Å². The quantitative estimate of drug-likeness (QED) is 0.720. The molecule has 2 rings (SSSR count). The zero-order valence-electron chi connectivity index (χ0n) is 12.2. The highest BCUT2D eigenvalue weighted by atomic mass is 79.9. The highest BCUT2D eigenvalue weighted by Crippen LogP contribution is 2.23. The highest BCUT2D eigenvalue weighted by Gasteiger charge is 2.04. The molecule has 0 radical (unpaired) electrons. The number of nitrogens with two attached hydrogens (primary N) is 1. The summed E-state index contributed by atoms with van der Waals surface area (Å²) in [6, 6.07) is 16.7. The van der Waals surface area contributed by atoms with Crippen LogP contribution in [0.5, 0.6) is 5.75 Å². The van der Waals surface area contributed by atoms with E-state index in [0.717, 1.165) is 42.5 Å². The van der Waals surface area contributed by atoms with E-state index >= 15 is 0 Å². The third kappa shape index (κ3) is 5.52. The van der Waals surface area contributed by atoms with E-state index in [9.17, 15) is 0 Å². The van der Waals surface area contributed by atoms with Gasteiger partial charge in [0.05, 0.1) is 6.61 Å². The first-order chi connectivity index (χ1) is 10.3. The van der Waals surface area contributed by atoms with Gasteiger partial charge >= 0.3 is 0 Å². The van der Waals surface area contributed by atoms with Gasteiger partial charge in [-0.2, -0.15) is 0 Å². The monoisotopic (exact) mass is 347 g/mol. The van der Waals surface area contributed by atoms with Gasteiger partial charge in [-0.05, 0) is 61.6 Å². The number of halogens is 1. The summed E-state index contributed by atoms with van der Waals surface area (Å²) in [5.41, 5.74) is 8.22. The minimum Gasteiger partial charge on any atom is -0.493 e. The maximum atomic E-state index is 5.91. The number of rotatable bonds is 8. The van der Waals surface area contributed by atoms with E-state index in [4.69, 9.17) is 10.5 Å². The molecule has 0 unspecified atom stereocenters. The first-order valence-corrected chi connectivity index (χ1v) is 8.24. The molecule has 2 N–H and O–H groups in total. The Labute approximate surface area is 135 Å². The van der Waals surface area contributed by atoms with Crippen molar-refractivity contribution in [2.45, 2.75) is 25.7 Å². The summed E-state index contributed by atoms with van der Waals surface area (Å²) < 4.78 is 6.98. The minimum absolute atomic E-state index is 0.640. The fourth-order valence-electron chi connectivity index (χ4n) is 2.30. The largest absolute Gasteiger partial charge is 0.493 e. The third-order valence-electron chi connectivity index (χ3n) is 3.40. The van der Waals surface area contributed by atoms with Gasteiger partial charge < -0.3 is 10.5 Å². The van der Waals surface area contributed by atoms with Crippen molar-refractivity contribution in [3.63, 3.8) is 0 Å². The molecule has 0 fully saturated rings. The molecular formula is C18H22BrNO. The SMILES string of the molecule is NCCc1cc(Br)ccc1OCCCCc1ccccc1. The van der Waals surface area contributed by atoms with Gasteiger partial charge in [0.25, 0.3) is 0 Å². The van der Waals surface area contributed by atoms with E-state index < -0.39 is 0 Å². The number of unbranched alkanes of at least 4 members (excludes halogenated alkanes) is 1. The van der Waals surface area contributed by atoms with Gasteiger partial charge in [-0.25, -0.2) is 0 Å². The molecule has 0 aliphatic carbocycles. The van der Waals surface area contributed by atoms with Gasteiger partial charge in [-0.15, -0.1) is 0 Å². The zero-order valence-corrected chi connectivity index (χ0v) is 13.8. The van der Waals surface area contributed by atoms with Gasteiger partial charge in [0.2, 0.25) is 0 Å². The molecule has 0 saturated carbocycles. The summed E-state index contributed by atoms with van der Waals surface area (Å²) >= 11 is 3.49. The van der Waals surface area contributed by atoms with Gasteiger partial charge in [0.1, 0.15) is 5.75 Å². The molecule has 0 amide bonds. The van der Waals surface area contributed by atoms with Crippen LogP contribution in [0.4, 0.5) is 0 Å². The van der Waals surface area contributed by atoms with Crippen LogP contribution in [-0.2, 0) is 12.8 Å². The van der Waals surface area contributed by atoms with Crippen molar-refractivity contribution in [1.29, 1.82) is 0 Å². The Morgan fingerprint density at radius 3 is 2.52 bits per heavy atom. The Hall–Kier alpha value is -1.32. The van der Waals surface area contributed by atoms with E-state index in [0.29, 0.717) is 6.54 Å². The molecule has 0 saturated heterocycles. The standard InChI is InChI=1S/C18H22BrNO/c19-17-9-10-18(16(14-17)11-12-20)21-13-5-4-8-15-6-2-1-3-7-15/h1-3,6-7,9-10,14H,4-5,8,11-13,20H2. The lowest BCUT2D eigenvalue weighted by atomic mass is 10.1. The van der Waals surface area contributed by atoms with Crippen LogP contribution in [-0.4, -0.2) is 13.2 Å². The molecule has 0 atom stereocenters. The normalized spacial score (nSPS) is 10.6. The van der Waals surface area contributed by atoms with E-state index in [2.05, 4.69) is 52.3 Å². The van der Waals surface area contributed by atoms with E-state index in [1.165, 1.54) is 11.1 Å². The number of aryl methyl sites for hydroxylation is 1. The van der Waals surface area contributed by atoms with Crippen LogP contribution in [0.1, 0.15) is 24.0 Å². The summed E-state index contributed by atoms with van der Waals surface area (Å²) in [5, 5.41) is 0. The van der Waals surface area contributed by atoms with Crippen LogP contribution in [0.25, 0.3) is 0 Å². The Balaban J connectivity index is 1.75. The van der Waals surface area contributed by atoms with Gasteiger partial charge in [0.15, 0.2) is 0 Å². The number of hydrogen-bond acceptors (Lipinski definition) is 2. The van der Waals surface area contributed by atoms with E-state index in [1.807, 2.05) is 12.1 Å². The maximum Gasteiger partial charge on any atom is 0.122 e. The zero-order chi connectivity index (χ0) is 14.9. The Morgan fingerprint density at radius 1 is 0.952 bits per heavy atom. The van der Waals surface area contributed by atoms with Crippen LogP contribution in [0.15, 0.2) is 53.0 Å². The van der Waals surface area contributed by atoms with Crippen molar-refractivity contribution in [1.82, 2.24) is 0 Å². The fourth-order valence-corrected chi connectivity index (χ4v) is 2.71. The van der Waals surface area contributed by atoms with E-state index in [-0.39, 0.29) is 0 Å². The smallest absolute Gasteiger partial charge is 0.122 e. The molecular weight excluding hydrogens is 326 g/mol. The number of ether oxygens (including phenoxy) is 1. The van der Waals surface area contributed by atoms with E-state index in [1.54, 1.807) is 0 Å². The second kappa shape index (κ2) is 8.85. The number of hydrogen-bond donors (Lipinski definition) is 1. The Kier molecular flexibility index (Phi) is 6.77. The summed E-state index contributed by atoms with van der Waals surface area (Å²) in [4.78, 5) is 0. The second-order valence-electron chi connectivity index (χ2n) is 5.08. The summed E-state index contributed by atoms with van der Waals surface area (Å²) in [6.45, 7) is 1.40. The molecule has 0 aliphatic heterocycles. The van der Waals surface area contributed by atoms with Crippen molar-refractivity contribution in [2.75, 3.05) is 13.2 Å². The van der Waals surface area contributed by atoms with Crippen LogP contribution in [0.3, 0.4) is 0 Å². The summed E-state index contributed by atoms with van der Waals surface area (Å²) in [6.07, 6.45) is 4.17. The van der Waals surface area contributed by atoms with Crippen LogP contribution in [0.2, 0.25) is 0 Å². The number of benzene rings is 2. The topological polar surface area (TPSA) is 35.2 Å². The Morgan fingerprint density at radius 2 is 1.76 bits per heavy atom. The molecule has 0 bridgehead atoms. The summed E-state index contributed by atoms with van der Waals surface area (Å²) in [5.74, 6) is 0.961. The van der Waals surface area contributed by atoms with Crippen molar-refractivity contribution in [3.05, 3.63) is 64.1 Å². The highest BCUT2D eigenvalue weighted by molar-refractivity contribution is 9.10. The molecule has 0 aliphatic rings. The molecule has 0 aromatic heterocycles. The van der Waals surface area contributed by atoms with Crippen molar-refractivity contribution in [2.24, 2.45) is 5.73 Å². The molecule has 21 heavy (non-hydrogen) atoms.